The van der Waals surface area contributed by atoms with Crippen molar-refractivity contribution in [2.24, 2.45) is 0 Å². The zero-order valence-corrected chi connectivity index (χ0v) is 12.2. The molecule has 1 aromatic heterocycles. The first-order valence-corrected chi connectivity index (χ1v) is 7.64. The van der Waals surface area contributed by atoms with Crippen molar-refractivity contribution in [1.29, 1.82) is 0 Å². The van der Waals surface area contributed by atoms with Crippen molar-refractivity contribution in [3.63, 3.8) is 0 Å². The second kappa shape index (κ2) is 5.36. The highest BCUT2D eigenvalue weighted by Crippen LogP contribution is 2.40. The second-order valence-corrected chi connectivity index (χ2v) is 6.49. The minimum Gasteiger partial charge on any atom is -0.383 e. The summed E-state index contributed by atoms with van der Waals surface area (Å²) in [6, 6.07) is 0. The van der Waals surface area contributed by atoms with Gasteiger partial charge in [0.25, 0.3) is 0 Å². The lowest BCUT2D eigenvalue weighted by Crippen LogP contribution is -2.06. The maximum absolute atomic E-state index is 14.6. The molecule has 1 saturated carbocycles. The summed E-state index contributed by atoms with van der Waals surface area (Å²) in [5, 5.41) is -0.266. The van der Waals surface area contributed by atoms with E-state index < -0.39 is 17.5 Å². The van der Waals surface area contributed by atoms with Crippen molar-refractivity contribution in [1.82, 2.24) is 9.97 Å². The predicted octanol–water partition coefficient (Wildman–Crippen LogP) is 3.97. The van der Waals surface area contributed by atoms with Gasteiger partial charge in [0.05, 0.1) is 10.3 Å². The molecular weight excluding hydrogens is 299 g/mol. The zero-order chi connectivity index (χ0) is 15.1. The molecule has 112 valence electrons. The van der Waals surface area contributed by atoms with Gasteiger partial charge < -0.3 is 5.73 Å². The van der Waals surface area contributed by atoms with Crippen molar-refractivity contribution in [3.05, 3.63) is 23.3 Å². The number of aromatic nitrogens is 2. The summed E-state index contributed by atoms with van der Waals surface area (Å²) in [7, 11) is 0. The number of hydrogen-bond donors (Lipinski definition) is 1. The molecule has 1 fully saturated rings. The Balaban J connectivity index is 2.20. The summed E-state index contributed by atoms with van der Waals surface area (Å²) in [6.07, 6.45) is 3.83. The Bertz CT molecular complexity index is 715. The molecule has 2 N–H and O–H groups in total. The van der Waals surface area contributed by atoms with Gasteiger partial charge in [-0.25, -0.2) is 23.1 Å². The summed E-state index contributed by atoms with van der Waals surface area (Å²) in [5.74, 6) is -3.25. The molecule has 0 atom stereocenters. The predicted molar refractivity (Wildman–Crippen MR) is 76.7 cm³/mol. The van der Waals surface area contributed by atoms with Crippen LogP contribution in [-0.2, 0) is 0 Å². The van der Waals surface area contributed by atoms with E-state index in [9.17, 15) is 13.2 Å². The zero-order valence-electron chi connectivity index (χ0n) is 11.4. The Labute approximate surface area is 124 Å². The van der Waals surface area contributed by atoms with Gasteiger partial charge in [0.2, 0.25) is 0 Å². The molecule has 3 nitrogen and oxygen atoms in total. The molecule has 0 saturated heterocycles. The Morgan fingerprint density at radius 1 is 1.05 bits per heavy atom. The van der Waals surface area contributed by atoms with Gasteiger partial charge in [-0.1, -0.05) is 12.8 Å². The summed E-state index contributed by atoms with van der Waals surface area (Å²) in [6.45, 7) is 1.53. The van der Waals surface area contributed by atoms with Crippen LogP contribution in [0, 0.1) is 24.4 Å². The SMILES string of the molecule is Cc1nc(N)c2c(F)c(F)c(SC3CCCC3)c(F)c2n1. The molecule has 1 heterocycles. The average Bonchev–Trinajstić information content (AvgIpc) is 2.93. The fourth-order valence-electron chi connectivity index (χ4n) is 2.66. The van der Waals surface area contributed by atoms with Crippen molar-refractivity contribution < 1.29 is 13.2 Å². The summed E-state index contributed by atoms with van der Waals surface area (Å²) in [4.78, 5) is 7.35. The molecule has 3 rings (SSSR count). The van der Waals surface area contributed by atoms with E-state index in [1.165, 1.54) is 6.92 Å². The van der Waals surface area contributed by atoms with Crippen LogP contribution >= 0.6 is 11.8 Å². The molecule has 1 aliphatic carbocycles. The number of halogens is 3. The number of benzene rings is 1. The monoisotopic (exact) mass is 313 g/mol. The third kappa shape index (κ3) is 2.43. The number of hydrogen-bond acceptors (Lipinski definition) is 4. The maximum Gasteiger partial charge on any atom is 0.176 e. The normalized spacial score (nSPS) is 16.0. The number of nitrogens with two attached hydrogens (primary N) is 1. The molecule has 0 spiro atoms. The first-order valence-electron chi connectivity index (χ1n) is 6.76. The van der Waals surface area contributed by atoms with Crippen LogP contribution in [0.5, 0.6) is 0 Å². The fourth-order valence-corrected chi connectivity index (χ4v) is 3.95. The van der Waals surface area contributed by atoms with Crippen molar-refractivity contribution in [3.8, 4) is 0 Å². The third-order valence-electron chi connectivity index (χ3n) is 3.65. The smallest absolute Gasteiger partial charge is 0.176 e. The summed E-state index contributed by atoms with van der Waals surface area (Å²) >= 11 is 1.05. The largest absolute Gasteiger partial charge is 0.383 e. The average molecular weight is 313 g/mol. The van der Waals surface area contributed by atoms with E-state index in [0.717, 1.165) is 37.4 Å². The van der Waals surface area contributed by atoms with Crippen molar-refractivity contribution >= 4 is 28.5 Å². The minimum absolute atomic E-state index is 0.117. The van der Waals surface area contributed by atoms with Crippen LogP contribution in [0.3, 0.4) is 0 Å². The van der Waals surface area contributed by atoms with E-state index in [2.05, 4.69) is 9.97 Å². The third-order valence-corrected chi connectivity index (χ3v) is 5.05. The number of nitrogens with zero attached hydrogens (tertiary/aromatic N) is 2. The molecule has 2 aromatic rings. The molecule has 1 aromatic carbocycles. The van der Waals surface area contributed by atoms with Gasteiger partial charge in [-0.05, 0) is 19.8 Å². The van der Waals surface area contributed by atoms with Gasteiger partial charge in [-0.3, -0.25) is 0 Å². The second-order valence-electron chi connectivity index (χ2n) is 5.18. The van der Waals surface area contributed by atoms with Crippen LogP contribution in [0.4, 0.5) is 19.0 Å². The highest BCUT2D eigenvalue weighted by molar-refractivity contribution is 8.00. The van der Waals surface area contributed by atoms with E-state index in [1.807, 2.05) is 0 Å². The Hall–Kier alpha value is -1.50. The summed E-state index contributed by atoms with van der Waals surface area (Å²) in [5.41, 5.74) is 5.33. The number of thioether (sulfide) groups is 1. The maximum atomic E-state index is 14.6. The van der Waals surface area contributed by atoms with Crippen LogP contribution in [-0.4, -0.2) is 15.2 Å². The molecule has 0 bridgehead atoms. The number of fused-ring (bicyclic) bond motifs is 1. The molecule has 21 heavy (non-hydrogen) atoms. The van der Waals surface area contributed by atoms with E-state index in [0.29, 0.717) is 0 Å². The molecule has 1 aliphatic rings. The van der Waals surface area contributed by atoms with E-state index in [4.69, 9.17) is 5.73 Å². The van der Waals surface area contributed by atoms with E-state index >= 15 is 0 Å². The Kier molecular flexibility index (Phi) is 3.69. The van der Waals surface area contributed by atoms with Gasteiger partial charge in [-0.2, -0.15) is 0 Å². The van der Waals surface area contributed by atoms with Gasteiger partial charge in [-0.15, -0.1) is 11.8 Å². The minimum atomic E-state index is -1.20. The van der Waals surface area contributed by atoms with Crippen molar-refractivity contribution in [2.45, 2.75) is 42.8 Å². The van der Waals surface area contributed by atoms with Gasteiger partial charge in [0.1, 0.15) is 17.2 Å². The lowest BCUT2D eigenvalue weighted by atomic mass is 10.2. The highest BCUT2D eigenvalue weighted by Gasteiger charge is 2.27. The highest BCUT2D eigenvalue weighted by atomic mass is 32.2. The summed E-state index contributed by atoms with van der Waals surface area (Å²) < 4.78 is 42.9. The van der Waals surface area contributed by atoms with E-state index in [1.54, 1.807) is 0 Å². The van der Waals surface area contributed by atoms with Crippen LogP contribution in [0.15, 0.2) is 4.90 Å². The Morgan fingerprint density at radius 2 is 1.71 bits per heavy atom. The number of rotatable bonds is 2. The van der Waals surface area contributed by atoms with Crippen molar-refractivity contribution in [2.75, 3.05) is 5.73 Å². The molecule has 0 radical (unpaired) electrons. The first-order chi connectivity index (χ1) is 9.99. The lowest BCUT2D eigenvalue weighted by Gasteiger charge is -2.13. The topological polar surface area (TPSA) is 51.8 Å². The van der Waals surface area contributed by atoms with Gasteiger partial charge in [0, 0.05) is 5.25 Å². The number of aryl methyl sites for hydroxylation is 1. The molecule has 0 aliphatic heterocycles. The number of nitrogen functional groups attached to an aromatic ring is 1. The van der Waals surface area contributed by atoms with Crippen LogP contribution in [0.25, 0.3) is 10.9 Å². The lowest BCUT2D eigenvalue weighted by molar-refractivity contribution is 0.477. The molecule has 0 unspecified atom stereocenters. The quantitative estimate of drug-likeness (QED) is 0.852. The Morgan fingerprint density at radius 3 is 2.38 bits per heavy atom. The van der Waals surface area contributed by atoms with Gasteiger partial charge in [0.15, 0.2) is 17.5 Å². The van der Waals surface area contributed by atoms with Crippen LogP contribution < -0.4 is 5.73 Å². The van der Waals surface area contributed by atoms with Gasteiger partial charge >= 0.3 is 0 Å². The van der Waals surface area contributed by atoms with E-state index in [-0.39, 0.29) is 32.7 Å². The molecule has 7 heteroatoms. The first kappa shape index (κ1) is 14.4. The van der Waals surface area contributed by atoms with Crippen LogP contribution in [0.2, 0.25) is 0 Å². The fraction of sp³-hybridized carbons (Fsp3) is 0.429. The van der Waals surface area contributed by atoms with Crippen LogP contribution in [0.1, 0.15) is 31.5 Å². The molecule has 0 amide bonds. The standard InChI is InChI=1S/C14H14F3N3S/c1-6-19-12-8(14(18)20-6)9(15)10(16)13(11(12)17)21-7-4-2-3-5-7/h7H,2-5H2,1H3,(H2,18,19,20). The molecular formula is C14H14F3N3S. The number of anilines is 1.